The van der Waals surface area contributed by atoms with E-state index in [-0.39, 0.29) is 24.7 Å². The van der Waals surface area contributed by atoms with Gasteiger partial charge in [0, 0.05) is 11.4 Å². The molecule has 5 heteroatoms. The highest BCUT2D eigenvalue weighted by Gasteiger charge is 2.13. The summed E-state index contributed by atoms with van der Waals surface area (Å²) in [6.45, 7) is 2.11. The van der Waals surface area contributed by atoms with Crippen molar-refractivity contribution in [3.63, 3.8) is 0 Å². The number of rotatable bonds is 5. The van der Waals surface area contributed by atoms with Gasteiger partial charge in [0.25, 0.3) is 0 Å². The van der Waals surface area contributed by atoms with Crippen molar-refractivity contribution in [2.24, 2.45) is 0 Å². The molecule has 0 saturated heterocycles. The van der Waals surface area contributed by atoms with Crippen LogP contribution in [0, 0.1) is 12.7 Å². The van der Waals surface area contributed by atoms with Gasteiger partial charge in [0.1, 0.15) is 11.9 Å². The molecule has 1 aromatic heterocycles. The Morgan fingerprint density at radius 1 is 1.35 bits per heavy atom. The zero-order valence-electron chi connectivity index (χ0n) is 11.1. The minimum atomic E-state index is -0.688. The van der Waals surface area contributed by atoms with E-state index < -0.39 is 6.10 Å². The SMILES string of the molecule is Cc1ccsc1[C@@H](O)CNC(=O)Cc1ccc(F)cc1. The van der Waals surface area contributed by atoms with Crippen LogP contribution in [0.25, 0.3) is 0 Å². The van der Waals surface area contributed by atoms with Crippen molar-refractivity contribution < 1.29 is 14.3 Å². The fraction of sp³-hybridized carbons (Fsp3) is 0.267. The van der Waals surface area contributed by atoms with E-state index in [1.165, 1.54) is 23.5 Å². The number of carbonyl (C=O) groups excluding carboxylic acids is 1. The van der Waals surface area contributed by atoms with Gasteiger partial charge in [0.2, 0.25) is 5.91 Å². The maximum absolute atomic E-state index is 12.7. The van der Waals surface area contributed by atoms with Crippen LogP contribution >= 0.6 is 11.3 Å². The Morgan fingerprint density at radius 2 is 2.05 bits per heavy atom. The zero-order valence-corrected chi connectivity index (χ0v) is 11.9. The predicted octanol–water partition coefficient (Wildman–Crippen LogP) is 2.59. The van der Waals surface area contributed by atoms with E-state index in [1.807, 2.05) is 18.4 Å². The number of hydrogen-bond acceptors (Lipinski definition) is 3. The van der Waals surface area contributed by atoms with Crippen molar-refractivity contribution in [3.05, 3.63) is 57.5 Å². The molecule has 0 aliphatic carbocycles. The summed E-state index contributed by atoms with van der Waals surface area (Å²) >= 11 is 1.47. The smallest absolute Gasteiger partial charge is 0.224 e. The van der Waals surface area contributed by atoms with Crippen LogP contribution in [0.4, 0.5) is 4.39 Å². The largest absolute Gasteiger partial charge is 0.386 e. The molecule has 0 aliphatic rings. The lowest BCUT2D eigenvalue weighted by atomic mass is 10.1. The molecule has 0 radical (unpaired) electrons. The second-order valence-corrected chi connectivity index (χ2v) is 5.54. The summed E-state index contributed by atoms with van der Waals surface area (Å²) in [4.78, 5) is 12.6. The van der Waals surface area contributed by atoms with Crippen molar-refractivity contribution in [2.75, 3.05) is 6.54 Å². The molecule has 0 fully saturated rings. The van der Waals surface area contributed by atoms with Gasteiger partial charge in [0.05, 0.1) is 6.42 Å². The first kappa shape index (κ1) is 14.7. The van der Waals surface area contributed by atoms with Gasteiger partial charge >= 0.3 is 0 Å². The van der Waals surface area contributed by atoms with Crippen LogP contribution in [-0.2, 0) is 11.2 Å². The van der Waals surface area contributed by atoms with Crippen LogP contribution in [0.2, 0.25) is 0 Å². The summed E-state index contributed by atoms with van der Waals surface area (Å²) in [7, 11) is 0. The van der Waals surface area contributed by atoms with E-state index >= 15 is 0 Å². The first-order valence-electron chi connectivity index (χ1n) is 6.29. The number of nitrogens with one attached hydrogen (secondary N) is 1. The van der Waals surface area contributed by atoms with Gasteiger partial charge in [-0.25, -0.2) is 4.39 Å². The first-order valence-corrected chi connectivity index (χ1v) is 7.17. The van der Waals surface area contributed by atoms with Gasteiger partial charge in [-0.15, -0.1) is 11.3 Å². The van der Waals surface area contributed by atoms with Crippen LogP contribution in [0.1, 0.15) is 22.1 Å². The third-order valence-corrected chi connectivity index (χ3v) is 4.10. The Labute approximate surface area is 121 Å². The third-order valence-electron chi connectivity index (χ3n) is 2.97. The average Bonchev–Trinajstić information content (AvgIpc) is 2.85. The Bertz CT molecular complexity index is 580. The monoisotopic (exact) mass is 293 g/mol. The van der Waals surface area contributed by atoms with Gasteiger partial charge in [-0.2, -0.15) is 0 Å². The number of benzene rings is 1. The fourth-order valence-electron chi connectivity index (χ4n) is 1.88. The number of aryl methyl sites for hydroxylation is 1. The highest BCUT2D eigenvalue weighted by atomic mass is 32.1. The van der Waals surface area contributed by atoms with Crippen LogP contribution in [0.3, 0.4) is 0 Å². The number of aliphatic hydroxyl groups excluding tert-OH is 1. The number of hydrogen-bond donors (Lipinski definition) is 2. The number of amides is 1. The third kappa shape index (κ3) is 3.88. The standard InChI is InChI=1S/C15H16FNO2S/c1-10-6-7-20-15(10)13(18)9-17-14(19)8-11-2-4-12(16)5-3-11/h2-7,13,18H,8-9H2,1H3,(H,17,19)/t13-/m0/s1. The van der Waals surface area contributed by atoms with Gasteiger partial charge in [0.15, 0.2) is 0 Å². The van der Waals surface area contributed by atoms with Crippen LogP contribution in [0.15, 0.2) is 35.7 Å². The Morgan fingerprint density at radius 3 is 2.65 bits per heavy atom. The van der Waals surface area contributed by atoms with E-state index in [0.717, 1.165) is 16.0 Å². The molecule has 0 unspecified atom stereocenters. The molecule has 20 heavy (non-hydrogen) atoms. The number of carbonyl (C=O) groups is 1. The Balaban J connectivity index is 1.83. The summed E-state index contributed by atoms with van der Waals surface area (Å²) < 4.78 is 12.7. The molecule has 2 aromatic rings. The summed E-state index contributed by atoms with van der Waals surface area (Å²) in [6, 6.07) is 7.74. The molecule has 1 heterocycles. The van der Waals surface area contributed by atoms with E-state index in [4.69, 9.17) is 0 Å². The number of aliphatic hydroxyl groups is 1. The molecule has 3 nitrogen and oxygen atoms in total. The number of thiophene rings is 1. The molecule has 1 atom stereocenters. The molecular formula is C15H16FNO2S. The highest BCUT2D eigenvalue weighted by Crippen LogP contribution is 2.23. The Kier molecular flexibility index (Phi) is 4.87. The molecule has 1 amide bonds. The Hall–Kier alpha value is -1.72. The molecule has 2 rings (SSSR count). The summed E-state index contributed by atoms with van der Waals surface area (Å²) in [5, 5.41) is 14.6. The maximum atomic E-state index is 12.7. The lowest BCUT2D eigenvalue weighted by Gasteiger charge is -2.11. The first-order chi connectivity index (χ1) is 9.56. The van der Waals surface area contributed by atoms with Gasteiger partial charge in [-0.3, -0.25) is 4.79 Å². The van der Waals surface area contributed by atoms with E-state index in [2.05, 4.69) is 5.32 Å². The lowest BCUT2D eigenvalue weighted by molar-refractivity contribution is -0.120. The molecule has 106 valence electrons. The van der Waals surface area contributed by atoms with Gasteiger partial charge < -0.3 is 10.4 Å². The van der Waals surface area contributed by atoms with Gasteiger partial charge in [-0.05, 0) is 41.6 Å². The number of halogens is 1. The normalized spacial score (nSPS) is 12.2. The zero-order chi connectivity index (χ0) is 14.5. The molecular weight excluding hydrogens is 277 g/mol. The summed E-state index contributed by atoms with van der Waals surface area (Å²) in [6.07, 6.45) is -0.511. The molecule has 1 aromatic carbocycles. The molecule has 2 N–H and O–H groups in total. The molecule has 0 aliphatic heterocycles. The van der Waals surface area contributed by atoms with E-state index in [0.29, 0.717) is 0 Å². The second kappa shape index (κ2) is 6.63. The predicted molar refractivity (Wildman–Crippen MR) is 77.1 cm³/mol. The van der Waals surface area contributed by atoms with E-state index in [1.54, 1.807) is 12.1 Å². The van der Waals surface area contributed by atoms with Crippen LogP contribution in [0.5, 0.6) is 0 Å². The summed E-state index contributed by atoms with van der Waals surface area (Å²) in [5.41, 5.74) is 1.76. The summed E-state index contributed by atoms with van der Waals surface area (Å²) in [5.74, 6) is -0.511. The quantitative estimate of drug-likeness (QED) is 0.890. The fourth-order valence-corrected chi connectivity index (χ4v) is 2.79. The highest BCUT2D eigenvalue weighted by molar-refractivity contribution is 7.10. The van der Waals surface area contributed by atoms with Gasteiger partial charge in [-0.1, -0.05) is 12.1 Å². The van der Waals surface area contributed by atoms with E-state index in [9.17, 15) is 14.3 Å². The minimum Gasteiger partial charge on any atom is -0.386 e. The molecule has 0 spiro atoms. The van der Waals surface area contributed by atoms with Crippen molar-refractivity contribution in [1.82, 2.24) is 5.32 Å². The van der Waals surface area contributed by atoms with Crippen molar-refractivity contribution in [2.45, 2.75) is 19.4 Å². The lowest BCUT2D eigenvalue weighted by Crippen LogP contribution is -2.29. The van der Waals surface area contributed by atoms with Crippen molar-refractivity contribution in [3.8, 4) is 0 Å². The average molecular weight is 293 g/mol. The second-order valence-electron chi connectivity index (χ2n) is 4.59. The molecule has 0 bridgehead atoms. The molecule has 0 saturated carbocycles. The minimum absolute atomic E-state index is 0.177. The maximum Gasteiger partial charge on any atom is 0.224 e. The van der Waals surface area contributed by atoms with Crippen LogP contribution < -0.4 is 5.32 Å². The topological polar surface area (TPSA) is 49.3 Å². The van der Waals surface area contributed by atoms with Crippen molar-refractivity contribution >= 4 is 17.2 Å². The van der Waals surface area contributed by atoms with Crippen LogP contribution in [-0.4, -0.2) is 17.6 Å². The van der Waals surface area contributed by atoms with Crippen molar-refractivity contribution in [1.29, 1.82) is 0 Å².